The van der Waals surface area contributed by atoms with E-state index in [0.29, 0.717) is 25.6 Å². The lowest BCUT2D eigenvalue weighted by Gasteiger charge is -2.31. The molecule has 1 N–H and O–H groups in total. The van der Waals surface area contributed by atoms with Crippen LogP contribution >= 0.6 is 0 Å². The molecule has 0 heterocycles. The molecule has 0 saturated carbocycles. The molecule has 0 aromatic carbocycles. The highest BCUT2D eigenvalue weighted by atomic mass is 16.5. The molecule has 0 aliphatic rings. The van der Waals surface area contributed by atoms with Crippen molar-refractivity contribution in [2.45, 2.75) is 79.0 Å². The number of hydrogen-bond acceptors (Lipinski definition) is 4. The van der Waals surface area contributed by atoms with Gasteiger partial charge in [0, 0.05) is 12.6 Å². The monoisotopic (exact) mass is 287 g/mol. The van der Waals surface area contributed by atoms with Crippen LogP contribution in [0, 0.1) is 5.92 Å². The van der Waals surface area contributed by atoms with Crippen molar-refractivity contribution in [3.8, 4) is 0 Å². The summed E-state index contributed by atoms with van der Waals surface area (Å²) in [5.74, 6) is 0.420. The van der Waals surface area contributed by atoms with Crippen LogP contribution in [0.4, 0.5) is 0 Å². The largest absolute Gasteiger partial charge is 0.465 e. The average Bonchev–Trinajstić information content (AvgIpc) is 2.26. The minimum atomic E-state index is -0.679. The zero-order valence-corrected chi connectivity index (χ0v) is 14.3. The van der Waals surface area contributed by atoms with Crippen molar-refractivity contribution in [2.75, 3.05) is 13.2 Å². The number of hydrogen-bond donors (Lipinski definition) is 1. The van der Waals surface area contributed by atoms with Crippen LogP contribution in [0.2, 0.25) is 0 Å². The molecule has 2 atom stereocenters. The first-order valence-electron chi connectivity index (χ1n) is 7.77. The van der Waals surface area contributed by atoms with Gasteiger partial charge in [-0.3, -0.25) is 10.1 Å². The molecule has 4 nitrogen and oxygen atoms in total. The van der Waals surface area contributed by atoms with Gasteiger partial charge < -0.3 is 9.47 Å². The third-order valence-corrected chi connectivity index (χ3v) is 3.14. The summed E-state index contributed by atoms with van der Waals surface area (Å²) in [4.78, 5) is 12.1. The maximum absolute atomic E-state index is 12.1. The Morgan fingerprint density at radius 1 is 1.20 bits per heavy atom. The van der Waals surface area contributed by atoms with E-state index in [1.54, 1.807) is 0 Å². The molecule has 0 aromatic rings. The molecule has 0 spiro atoms. The fourth-order valence-electron chi connectivity index (χ4n) is 2.36. The molecular formula is C16H33NO3. The zero-order valence-electron chi connectivity index (χ0n) is 14.3. The standard InChI is InChI=1S/C16H33NO3/c1-8-19-15(18)16(7,17-13(4)5)9-10-20-14(6)11-12(2)3/h12-14,17H,8-11H2,1-7H3. The Bertz CT molecular complexity index is 279. The Morgan fingerprint density at radius 2 is 1.80 bits per heavy atom. The molecule has 0 rings (SSSR count). The molecule has 0 saturated heterocycles. The summed E-state index contributed by atoms with van der Waals surface area (Å²) < 4.78 is 11.0. The summed E-state index contributed by atoms with van der Waals surface area (Å²) in [6, 6.07) is 0.220. The number of carbonyl (C=O) groups excluding carboxylic acids is 1. The summed E-state index contributed by atoms with van der Waals surface area (Å²) in [5, 5.41) is 3.30. The van der Waals surface area contributed by atoms with Gasteiger partial charge in [0.15, 0.2) is 0 Å². The van der Waals surface area contributed by atoms with E-state index in [9.17, 15) is 4.79 Å². The smallest absolute Gasteiger partial charge is 0.326 e. The van der Waals surface area contributed by atoms with Gasteiger partial charge in [0.05, 0.1) is 12.7 Å². The van der Waals surface area contributed by atoms with Crippen molar-refractivity contribution in [3.63, 3.8) is 0 Å². The van der Waals surface area contributed by atoms with E-state index in [1.165, 1.54) is 0 Å². The second kappa shape index (κ2) is 9.35. The molecule has 0 aliphatic heterocycles. The molecule has 2 unspecified atom stereocenters. The van der Waals surface area contributed by atoms with Crippen molar-refractivity contribution in [2.24, 2.45) is 5.92 Å². The molecule has 120 valence electrons. The highest BCUT2D eigenvalue weighted by Crippen LogP contribution is 2.16. The molecule has 4 heteroatoms. The van der Waals surface area contributed by atoms with Crippen molar-refractivity contribution in [1.29, 1.82) is 0 Å². The molecule has 0 aromatic heterocycles. The Labute approximate surface area is 124 Å². The lowest BCUT2D eigenvalue weighted by Crippen LogP contribution is -2.54. The minimum Gasteiger partial charge on any atom is -0.465 e. The number of esters is 1. The number of rotatable bonds is 10. The van der Waals surface area contributed by atoms with Gasteiger partial charge in [-0.25, -0.2) is 0 Å². The van der Waals surface area contributed by atoms with E-state index in [0.717, 1.165) is 6.42 Å². The summed E-state index contributed by atoms with van der Waals surface area (Å²) in [6.45, 7) is 15.2. The first-order chi connectivity index (χ1) is 9.21. The molecule has 0 aliphatic carbocycles. The van der Waals surface area contributed by atoms with Crippen LogP contribution in [0.15, 0.2) is 0 Å². The van der Waals surface area contributed by atoms with Gasteiger partial charge in [-0.15, -0.1) is 0 Å². The first kappa shape index (κ1) is 19.4. The van der Waals surface area contributed by atoms with Gasteiger partial charge in [0.2, 0.25) is 0 Å². The highest BCUT2D eigenvalue weighted by Gasteiger charge is 2.34. The van der Waals surface area contributed by atoms with Crippen LogP contribution in [-0.2, 0) is 14.3 Å². The van der Waals surface area contributed by atoms with Gasteiger partial charge in [-0.2, -0.15) is 0 Å². The predicted molar refractivity (Wildman–Crippen MR) is 82.8 cm³/mol. The second-order valence-corrected chi connectivity index (χ2v) is 6.41. The first-order valence-corrected chi connectivity index (χ1v) is 7.77. The lowest BCUT2D eigenvalue weighted by molar-refractivity contribution is -0.152. The van der Waals surface area contributed by atoms with Gasteiger partial charge in [0.1, 0.15) is 5.54 Å². The minimum absolute atomic E-state index is 0.200. The van der Waals surface area contributed by atoms with Crippen LogP contribution in [-0.4, -0.2) is 36.9 Å². The van der Waals surface area contributed by atoms with Crippen LogP contribution in [0.5, 0.6) is 0 Å². The summed E-state index contributed by atoms with van der Waals surface area (Å²) >= 11 is 0. The average molecular weight is 287 g/mol. The molecular weight excluding hydrogens is 254 g/mol. The van der Waals surface area contributed by atoms with Gasteiger partial charge >= 0.3 is 5.97 Å². The van der Waals surface area contributed by atoms with E-state index in [2.05, 4.69) is 26.1 Å². The third kappa shape index (κ3) is 7.85. The van der Waals surface area contributed by atoms with Crippen LogP contribution < -0.4 is 5.32 Å². The van der Waals surface area contributed by atoms with Crippen molar-refractivity contribution < 1.29 is 14.3 Å². The molecule has 0 fully saturated rings. The Balaban J connectivity index is 4.40. The Morgan fingerprint density at radius 3 is 2.25 bits per heavy atom. The zero-order chi connectivity index (χ0) is 15.8. The fraction of sp³-hybridized carbons (Fsp3) is 0.938. The van der Waals surface area contributed by atoms with E-state index in [4.69, 9.17) is 9.47 Å². The summed E-state index contributed by atoms with van der Waals surface area (Å²) in [7, 11) is 0. The van der Waals surface area contributed by atoms with Crippen LogP contribution in [0.25, 0.3) is 0 Å². The molecule has 0 amide bonds. The Hall–Kier alpha value is -0.610. The molecule has 20 heavy (non-hydrogen) atoms. The van der Waals surface area contributed by atoms with E-state index in [-0.39, 0.29) is 18.1 Å². The van der Waals surface area contributed by atoms with Gasteiger partial charge in [-0.1, -0.05) is 13.8 Å². The quantitative estimate of drug-likeness (QED) is 0.627. The predicted octanol–water partition coefficient (Wildman–Crippen LogP) is 3.15. The van der Waals surface area contributed by atoms with E-state index < -0.39 is 5.54 Å². The second-order valence-electron chi connectivity index (χ2n) is 6.41. The van der Waals surface area contributed by atoms with Gasteiger partial charge in [-0.05, 0) is 53.4 Å². The number of nitrogens with one attached hydrogen (secondary N) is 1. The maximum atomic E-state index is 12.1. The normalized spacial score (nSPS) is 16.2. The Kier molecular flexibility index (Phi) is 9.06. The molecule has 0 bridgehead atoms. The van der Waals surface area contributed by atoms with Crippen LogP contribution in [0.1, 0.15) is 61.3 Å². The van der Waals surface area contributed by atoms with Crippen LogP contribution in [0.3, 0.4) is 0 Å². The highest BCUT2D eigenvalue weighted by molar-refractivity contribution is 5.80. The third-order valence-electron chi connectivity index (χ3n) is 3.14. The topological polar surface area (TPSA) is 47.6 Å². The van der Waals surface area contributed by atoms with E-state index in [1.807, 2.05) is 27.7 Å². The SMILES string of the molecule is CCOC(=O)C(C)(CCOC(C)CC(C)C)NC(C)C. The number of carbonyl (C=O) groups is 1. The lowest BCUT2D eigenvalue weighted by atomic mass is 9.97. The van der Waals surface area contributed by atoms with Crippen molar-refractivity contribution >= 4 is 5.97 Å². The maximum Gasteiger partial charge on any atom is 0.326 e. The summed E-state index contributed by atoms with van der Waals surface area (Å²) in [5.41, 5.74) is -0.679. The fourth-order valence-corrected chi connectivity index (χ4v) is 2.36. The van der Waals surface area contributed by atoms with Crippen molar-refractivity contribution in [3.05, 3.63) is 0 Å². The van der Waals surface area contributed by atoms with Gasteiger partial charge in [0.25, 0.3) is 0 Å². The number of ether oxygens (including phenoxy) is 2. The molecule has 0 radical (unpaired) electrons. The van der Waals surface area contributed by atoms with Crippen molar-refractivity contribution in [1.82, 2.24) is 5.32 Å². The summed E-state index contributed by atoms with van der Waals surface area (Å²) in [6.07, 6.45) is 1.88. The van der Waals surface area contributed by atoms with E-state index >= 15 is 0 Å².